The second kappa shape index (κ2) is 4.66. The highest BCUT2D eigenvalue weighted by Gasteiger charge is 2.31. The van der Waals surface area contributed by atoms with E-state index >= 15 is 0 Å². The molecule has 0 fully saturated rings. The van der Waals surface area contributed by atoms with E-state index in [1.807, 2.05) is 0 Å². The van der Waals surface area contributed by atoms with E-state index in [1.165, 1.54) is 16.7 Å². The molecule has 3 aromatic rings. The second-order valence-corrected chi connectivity index (χ2v) is 4.83. The van der Waals surface area contributed by atoms with Crippen molar-refractivity contribution < 1.29 is 27.5 Å². The number of halogens is 3. The average Bonchev–Trinajstić information content (AvgIpc) is 2.99. The number of alkyl halides is 3. The molecule has 2 heterocycles. The Balaban J connectivity index is 2.11. The molecule has 0 amide bonds. The lowest BCUT2D eigenvalue weighted by atomic mass is 10.1. The minimum atomic E-state index is -4.44. The van der Waals surface area contributed by atoms with Crippen LogP contribution in [0.15, 0.2) is 40.8 Å². The van der Waals surface area contributed by atoms with Gasteiger partial charge < -0.3 is 14.1 Å². The van der Waals surface area contributed by atoms with Crippen LogP contribution in [0.25, 0.3) is 22.4 Å². The lowest BCUT2D eigenvalue weighted by Gasteiger charge is -2.05. The zero-order valence-electron chi connectivity index (χ0n) is 11.3. The summed E-state index contributed by atoms with van der Waals surface area (Å²) in [6.07, 6.45) is -4.44. The van der Waals surface area contributed by atoms with Gasteiger partial charge in [-0.15, -0.1) is 0 Å². The van der Waals surface area contributed by atoms with Gasteiger partial charge in [-0.05, 0) is 30.3 Å². The number of furan rings is 1. The van der Waals surface area contributed by atoms with Gasteiger partial charge in [0.2, 0.25) is 0 Å². The SMILES string of the molecule is Cn1c(C(=O)O)ccc1-c1cc2ccc(C(F)(F)F)cc2o1. The number of carboxylic acid groups (broad SMARTS) is 1. The molecular formula is C15H10F3NO3. The smallest absolute Gasteiger partial charge is 0.416 e. The summed E-state index contributed by atoms with van der Waals surface area (Å²) < 4.78 is 44.9. The summed E-state index contributed by atoms with van der Waals surface area (Å²) in [5, 5.41) is 9.53. The molecule has 22 heavy (non-hydrogen) atoms. The monoisotopic (exact) mass is 309 g/mol. The van der Waals surface area contributed by atoms with E-state index in [9.17, 15) is 18.0 Å². The first kappa shape index (κ1) is 14.2. The first-order chi connectivity index (χ1) is 10.3. The Labute approximate surface area is 122 Å². The summed E-state index contributed by atoms with van der Waals surface area (Å²) in [5.74, 6) is -0.784. The molecule has 0 saturated carbocycles. The maximum atomic E-state index is 12.7. The number of nitrogens with zero attached hydrogens (tertiary/aromatic N) is 1. The minimum absolute atomic E-state index is 0.0615. The number of aromatic carboxylic acids is 1. The van der Waals surface area contributed by atoms with Gasteiger partial charge in [0.05, 0.1) is 11.3 Å². The van der Waals surface area contributed by atoms with E-state index in [0.29, 0.717) is 16.8 Å². The van der Waals surface area contributed by atoms with Crippen LogP contribution in [0.5, 0.6) is 0 Å². The first-order valence-corrected chi connectivity index (χ1v) is 6.27. The lowest BCUT2D eigenvalue weighted by Crippen LogP contribution is -2.04. The Morgan fingerprint density at radius 3 is 2.50 bits per heavy atom. The Kier molecular flexibility index (Phi) is 3.01. The third-order valence-electron chi connectivity index (χ3n) is 3.44. The van der Waals surface area contributed by atoms with Gasteiger partial charge in [0, 0.05) is 12.4 Å². The van der Waals surface area contributed by atoms with Gasteiger partial charge in [0.1, 0.15) is 11.3 Å². The summed E-state index contributed by atoms with van der Waals surface area (Å²) in [5.41, 5.74) is -0.157. The number of benzene rings is 1. The lowest BCUT2D eigenvalue weighted by molar-refractivity contribution is -0.137. The van der Waals surface area contributed by atoms with Gasteiger partial charge in [-0.2, -0.15) is 13.2 Å². The Hall–Kier alpha value is -2.70. The number of rotatable bonds is 2. The number of hydrogen-bond donors (Lipinski definition) is 1. The van der Waals surface area contributed by atoms with E-state index < -0.39 is 17.7 Å². The molecule has 7 heteroatoms. The molecule has 0 spiro atoms. The number of hydrogen-bond acceptors (Lipinski definition) is 2. The van der Waals surface area contributed by atoms with Crippen molar-refractivity contribution in [3.63, 3.8) is 0 Å². The van der Waals surface area contributed by atoms with Crippen molar-refractivity contribution in [2.75, 3.05) is 0 Å². The average molecular weight is 309 g/mol. The van der Waals surface area contributed by atoms with Crippen LogP contribution in [0, 0.1) is 0 Å². The summed E-state index contributed by atoms with van der Waals surface area (Å²) in [4.78, 5) is 11.0. The molecule has 0 atom stereocenters. The van der Waals surface area contributed by atoms with Gasteiger partial charge in [0.15, 0.2) is 5.76 Å². The first-order valence-electron chi connectivity index (χ1n) is 6.27. The number of fused-ring (bicyclic) bond motifs is 1. The predicted molar refractivity (Wildman–Crippen MR) is 72.6 cm³/mol. The van der Waals surface area contributed by atoms with Crippen molar-refractivity contribution in [2.24, 2.45) is 7.05 Å². The fourth-order valence-electron chi connectivity index (χ4n) is 2.31. The van der Waals surface area contributed by atoms with Crippen LogP contribution in [0.1, 0.15) is 16.1 Å². The Morgan fingerprint density at radius 2 is 1.91 bits per heavy atom. The highest BCUT2D eigenvalue weighted by atomic mass is 19.4. The maximum Gasteiger partial charge on any atom is 0.416 e. The second-order valence-electron chi connectivity index (χ2n) is 4.83. The highest BCUT2D eigenvalue weighted by molar-refractivity contribution is 5.88. The van der Waals surface area contributed by atoms with Crippen molar-refractivity contribution in [1.82, 2.24) is 4.57 Å². The van der Waals surface area contributed by atoms with Crippen LogP contribution in [0.3, 0.4) is 0 Å². The molecule has 0 unspecified atom stereocenters. The van der Waals surface area contributed by atoms with Crippen molar-refractivity contribution in [3.05, 3.63) is 47.7 Å². The quantitative estimate of drug-likeness (QED) is 0.773. The topological polar surface area (TPSA) is 55.4 Å². The highest BCUT2D eigenvalue weighted by Crippen LogP contribution is 2.34. The molecule has 114 valence electrons. The van der Waals surface area contributed by atoms with Crippen molar-refractivity contribution in [3.8, 4) is 11.5 Å². The maximum absolute atomic E-state index is 12.7. The largest absolute Gasteiger partial charge is 0.477 e. The number of carbonyl (C=O) groups is 1. The zero-order valence-corrected chi connectivity index (χ0v) is 11.3. The molecule has 3 rings (SSSR count). The van der Waals surface area contributed by atoms with E-state index in [1.54, 1.807) is 19.2 Å². The van der Waals surface area contributed by atoms with E-state index in [0.717, 1.165) is 12.1 Å². The molecule has 0 aliphatic rings. The third kappa shape index (κ3) is 2.24. The van der Waals surface area contributed by atoms with Crippen molar-refractivity contribution in [1.29, 1.82) is 0 Å². The molecule has 4 nitrogen and oxygen atoms in total. The fraction of sp³-hybridized carbons (Fsp3) is 0.133. The molecule has 0 aliphatic carbocycles. The number of aromatic nitrogens is 1. The minimum Gasteiger partial charge on any atom is -0.477 e. The number of carboxylic acids is 1. The van der Waals surface area contributed by atoms with E-state index in [2.05, 4.69) is 0 Å². The van der Waals surface area contributed by atoms with Crippen molar-refractivity contribution >= 4 is 16.9 Å². The van der Waals surface area contributed by atoms with Gasteiger partial charge in [-0.3, -0.25) is 0 Å². The van der Waals surface area contributed by atoms with Crippen LogP contribution in [0.2, 0.25) is 0 Å². The molecule has 1 N–H and O–H groups in total. The molecule has 0 bridgehead atoms. The van der Waals surface area contributed by atoms with E-state index in [4.69, 9.17) is 9.52 Å². The van der Waals surface area contributed by atoms with Crippen LogP contribution in [-0.4, -0.2) is 15.6 Å². The molecule has 0 radical (unpaired) electrons. The Bertz CT molecular complexity index is 874. The third-order valence-corrected chi connectivity index (χ3v) is 3.44. The summed E-state index contributed by atoms with van der Waals surface area (Å²) in [7, 11) is 1.55. The molecule has 0 saturated heterocycles. The van der Waals surface area contributed by atoms with Crippen LogP contribution in [-0.2, 0) is 13.2 Å². The zero-order chi connectivity index (χ0) is 16.1. The molecular weight excluding hydrogens is 299 g/mol. The van der Waals surface area contributed by atoms with Crippen molar-refractivity contribution in [2.45, 2.75) is 6.18 Å². The predicted octanol–water partition coefficient (Wildman–Crippen LogP) is 4.16. The van der Waals surface area contributed by atoms with Gasteiger partial charge >= 0.3 is 12.1 Å². The Morgan fingerprint density at radius 1 is 1.18 bits per heavy atom. The van der Waals surface area contributed by atoms with Crippen LogP contribution >= 0.6 is 0 Å². The normalized spacial score (nSPS) is 12.0. The van der Waals surface area contributed by atoms with Gasteiger partial charge in [0.25, 0.3) is 0 Å². The van der Waals surface area contributed by atoms with Gasteiger partial charge in [-0.1, -0.05) is 6.07 Å². The standard InChI is InChI=1S/C15H10F3NO3/c1-19-10(4-5-11(19)14(20)21)13-6-8-2-3-9(15(16,17)18)7-12(8)22-13/h2-7H,1H3,(H,20,21). The summed E-state index contributed by atoms with van der Waals surface area (Å²) in [6, 6.07) is 7.77. The van der Waals surface area contributed by atoms with Gasteiger partial charge in [-0.25, -0.2) is 4.79 Å². The molecule has 2 aromatic heterocycles. The molecule has 0 aliphatic heterocycles. The van der Waals surface area contributed by atoms with Crippen LogP contribution in [0.4, 0.5) is 13.2 Å². The molecule has 1 aromatic carbocycles. The fourth-order valence-corrected chi connectivity index (χ4v) is 2.31. The van der Waals surface area contributed by atoms with E-state index in [-0.39, 0.29) is 11.3 Å². The van der Waals surface area contributed by atoms with Crippen LogP contribution < -0.4 is 0 Å². The summed E-state index contributed by atoms with van der Waals surface area (Å²) in [6.45, 7) is 0. The summed E-state index contributed by atoms with van der Waals surface area (Å²) >= 11 is 0.